The van der Waals surface area contributed by atoms with Crippen molar-refractivity contribution in [2.24, 2.45) is 11.3 Å². The van der Waals surface area contributed by atoms with Crippen molar-refractivity contribution in [1.82, 2.24) is 9.80 Å². The maximum atomic E-state index is 2.84. The van der Waals surface area contributed by atoms with Gasteiger partial charge in [-0.2, -0.15) is 0 Å². The highest BCUT2D eigenvalue weighted by Gasteiger charge is 2.52. The van der Waals surface area contributed by atoms with Gasteiger partial charge in [0.25, 0.3) is 0 Å². The first-order valence-electron chi connectivity index (χ1n) is 7.97. The molecule has 2 bridgehead atoms. The zero-order chi connectivity index (χ0) is 12.9. The smallest absolute Gasteiger partial charge is 0.0227 e. The van der Waals surface area contributed by atoms with E-state index in [2.05, 4.69) is 37.5 Å². The van der Waals surface area contributed by atoms with Crippen LogP contribution in [0.2, 0.25) is 0 Å². The monoisotopic (exact) mass is 250 g/mol. The van der Waals surface area contributed by atoms with E-state index in [9.17, 15) is 0 Å². The summed E-state index contributed by atoms with van der Waals surface area (Å²) in [6.07, 6.45) is 5.71. The maximum Gasteiger partial charge on any atom is 0.0227 e. The second-order valence-corrected chi connectivity index (χ2v) is 7.97. The number of hydrogen-bond acceptors (Lipinski definition) is 2. The predicted octanol–water partition coefficient (Wildman–Crippen LogP) is 2.98. The molecule has 0 spiro atoms. The van der Waals surface area contributed by atoms with Crippen molar-refractivity contribution in [3.05, 3.63) is 0 Å². The Balaban J connectivity index is 1.57. The molecule has 3 atom stereocenters. The molecular weight excluding hydrogens is 220 g/mol. The average Bonchev–Trinajstić information content (AvgIpc) is 2.85. The molecule has 18 heavy (non-hydrogen) atoms. The van der Waals surface area contributed by atoms with Gasteiger partial charge in [0.05, 0.1) is 0 Å². The van der Waals surface area contributed by atoms with Gasteiger partial charge in [0.1, 0.15) is 0 Å². The van der Waals surface area contributed by atoms with Gasteiger partial charge in [-0.25, -0.2) is 0 Å². The minimum absolute atomic E-state index is 0.611. The highest BCUT2D eigenvalue weighted by atomic mass is 15.3. The summed E-state index contributed by atoms with van der Waals surface area (Å²) < 4.78 is 0. The van der Waals surface area contributed by atoms with Crippen LogP contribution >= 0.6 is 0 Å². The molecule has 0 aromatic rings. The second-order valence-electron chi connectivity index (χ2n) is 7.97. The Hall–Kier alpha value is -0.0800. The van der Waals surface area contributed by atoms with Gasteiger partial charge in [0, 0.05) is 31.2 Å². The van der Waals surface area contributed by atoms with E-state index in [1.54, 1.807) is 0 Å². The summed E-state index contributed by atoms with van der Waals surface area (Å²) in [5, 5.41) is 0. The standard InChI is InChI=1S/C16H30N2/c1-12(2)7-8-18-13-5-6-14(18)11-17(10-13)15-9-16(15,3)4/h12-15H,5-11H2,1-4H3/t13-,14+,15?. The molecule has 2 heteroatoms. The highest BCUT2D eigenvalue weighted by molar-refractivity contribution is 5.07. The van der Waals surface area contributed by atoms with Gasteiger partial charge in [0.15, 0.2) is 0 Å². The molecule has 1 aliphatic carbocycles. The fourth-order valence-electron chi connectivity index (χ4n) is 4.11. The number of piperazine rings is 1. The Bertz CT molecular complexity index is 296. The average molecular weight is 250 g/mol. The normalized spacial score (nSPS) is 39.5. The van der Waals surface area contributed by atoms with Crippen LogP contribution in [0.1, 0.15) is 53.4 Å². The fraction of sp³-hybridized carbons (Fsp3) is 1.00. The Morgan fingerprint density at radius 2 is 1.67 bits per heavy atom. The quantitative estimate of drug-likeness (QED) is 0.757. The Labute approximate surface area is 113 Å². The van der Waals surface area contributed by atoms with Gasteiger partial charge >= 0.3 is 0 Å². The summed E-state index contributed by atoms with van der Waals surface area (Å²) in [5.41, 5.74) is 0.611. The van der Waals surface area contributed by atoms with Crippen molar-refractivity contribution in [2.75, 3.05) is 19.6 Å². The van der Waals surface area contributed by atoms with E-state index in [1.165, 1.54) is 45.3 Å². The molecule has 104 valence electrons. The molecule has 0 radical (unpaired) electrons. The van der Waals surface area contributed by atoms with Crippen LogP contribution in [0.25, 0.3) is 0 Å². The molecule has 0 amide bonds. The van der Waals surface area contributed by atoms with Crippen molar-refractivity contribution in [1.29, 1.82) is 0 Å². The summed E-state index contributed by atoms with van der Waals surface area (Å²) in [6.45, 7) is 13.6. The van der Waals surface area contributed by atoms with Crippen molar-refractivity contribution in [3.8, 4) is 0 Å². The van der Waals surface area contributed by atoms with Crippen LogP contribution in [0.15, 0.2) is 0 Å². The van der Waals surface area contributed by atoms with Crippen LogP contribution in [0.5, 0.6) is 0 Å². The summed E-state index contributed by atoms with van der Waals surface area (Å²) in [6, 6.07) is 2.64. The van der Waals surface area contributed by atoms with Crippen molar-refractivity contribution >= 4 is 0 Å². The van der Waals surface area contributed by atoms with Gasteiger partial charge in [-0.15, -0.1) is 0 Å². The van der Waals surface area contributed by atoms with Crippen LogP contribution < -0.4 is 0 Å². The number of likely N-dealkylation sites (tertiary alicyclic amines) is 1. The van der Waals surface area contributed by atoms with E-state index in [-0.39, 0.29) is 0 Å². The van der Waals surface area contributed by atoms with Gasteiger partial charge < -0.3 is 0 Å². The van der Waals surface area contributed by atoms with Crippen LogP contribution in [0, 0.1) is 11.3 Å². The zero-order valence-corrected chi connectivity index (χ0v) is 12.7. The Morgan fingerprint density at radius 1 is 1.11 bits per heavy atom. The van der Waals surface area contributed by atoms with Crippen LogP contribution in [-0.4, -0.2) is 47.6 Å². The number of fused-ring (bicyclic) bond motifs is 2. The molecule has 0 N–H and O–H groups in total. The van der Waals surface area contributed by atoms with Crippen LogP contribution in [-0.2, 0) is 0 Å². The first kappa shape index (κ1) is 12.9. The minimum Gasteiger partial charge on any atom is -0.297 e. The molecule has 2 saturated heterocycles. The summed E-state index contributed by atoms with van der Waals surface area (Å²) in [4.78, 5) is 5.65. The highest BCUT2D eigenvalue weighted by Crippen LogP contribution is 2.50. The molecule has 3 rings (SSSR count). The largest absolute Gasteiger partial charge is 0.297 e. The lowest BCUT2D eigenvalue weighted by atomic mass is 10.1. The van der Waals surface area contributed by atoms with E-state index >= 15 is 0 Å². The third kappa shape index (κ3) is 2.34. The summed E-state index contributed by atoms with van der Waals surface area (Å²) in [7, 11) is 0. The number of rotatable bonds is 4. The predicted molar refractivity (Wildman–Crippen MR) is 76.7 cm³/mol. The van der Waals surface area contributed by atoms with E-state index in [0.29, 0.717) is 5.41 Å². The molecule has 1 saturated carbocycles. The Morgan fingerprint density at radius 3 is 2.11 bits per heavy atom. The molecule has 0 aromatic heterocycles. The van der Waals surface area contributed by atoms with Gasteiger partial charge in [0.2, 0.25) is 0 Å². The topological polar surface area (TPSA) is 6.48 Å². The van der Waals surface area contributed by atoms with E-state index in [0.717, 1.165) is 24.0 Å². The summed E-state index contributed by atoms with van der Waals surface area (Å²) >= 11 is 0. The van der Waals surface area contributed by atoms with E-state index in [4.69, 9.17) is 0 Å². The first-order chi connectivity index (χ1) is 8.47. The maximum absolute atomic E-state index is 2.84. The number of nitrogens with zero attached hydrogens (tertiary/aromatic N) is 2. The van der Waals surface area contributed by atoms with Crippen molar-refractivity contribution in [3.63, 3.8) is 0 Å². The number of hydrogen-bond donors (Lipinski definition) is 0. The second kappa shape index (κ2) is 4.49. The lowest BCUT2D eigenvalue weighted by Crippen LogP contribution is -2.55. The van der Waals surface area contributed by atoms with Crippen molar-refractivity contribution < 1.29 is 0 Å². The molecule has 2 nitrogen and oxygen atoms in total. The third-order valence-corrected chi connectivity index (χ3v) is 5.53. The van der Waals surface area contributed by atoms with Gasteiger partial charge in [-0.1, -0.05) is 27.7 Å². The molecule has 0 aromatic carbocycles. The fourth-order valence-corrected chi connectivity index (χ4v) is 4.11. The first-order valence-corrected chi connectivity index (χ1v) is 7.97. The lowest BCUT2D eigenvalue weighted by Gasteiger charge is -2.42. The molecule has 1 unspecified atom stereocenters. The van der Waals surface area contributed by atoms with Crippen molar-refractivity contribution in [2.45, 2.75) is 71.5 Å². The summed E-state index contributed by atoms with van der Waals surface area (Å²) in [5.74, 6) is 0.852. The van der Waals surface area contributed by atoms with E-state index in [1.807, 2.05) is 0 Å². The molecular formula is C16H30N2. The third-order valence-electron chi connectivity index (χ3n) is 5.53. The van der Waals surface area contributed by atoms with E-state index < -0.39 is 0 Å². The van der Waals surface area contributed by atoms with Gasteiger partial charge in [-0.05, 0) is 43.6 Å². The SMILES string of the molecule is CC(C)CCN1[C@@H]2CC[C@H]1CN(C1CC1(C)C)C2. The van der Waals surface area contributed by atoms with Crippen LogP contribution in [0.4, 0.5) is 0 Å². The van der Waals surface area contributed by atoms with Crippen LogP contribution in [0.3, 0.4) is 0 Å². The lowest BCUT2D eigenvalue weighted by molar-refractivity contribution is 0.0526. The molecule has 2 heterocycles. The molecule has 3 fully saturated rings. The molecule has 3 aliphatic rings. The molecule has 2 aliphatic heterocycles. The minimum atomic E-state index is 0.611. The van der Waals surface area contributed by atoms with Gasteiger partial charge in [-0.3, -0.25) is 9.80 Å². The zero-order valence-electron chi connectivity index (χ0n) is 12.7. The Kier molecular flexibility index (Phi) is 3.22.